The van der Waals surface area contributed by atoms with Crippen molar-refractivity contribution < 1.29 is 14.2 Å². The number of hydrogen-bond donors (Lipinski definition) is 1. The molecule has 3 aliphatic rings. The summed E-state index contributed by atoms with van der Waals surface area (Å²) in [5.41, 5.74) is 3.91. The minimum absolute atomic E-state index is 0.0435. The molecule has 1 unspecified atom stereocenters. The molecule has 0 bridgehead atoms. The smallest absolute Gasteiger partial charge is 0.251 e. The highest BCUT2D eigenvalue weighted by molar-refractivity contribution is 5.81. The van der Waals surface area contributed by atoms with Crippen molar-refractivity contribution in [1.29, 1.82) is 0 Å². The molecule has 1 fully saturated rings. The third kappa shape index (κ3) is 4.34. The van der Waals surface area contributed by atoms with E-state index in [1.807, 2.05) is 16.7 Å². The summed E-state index contributed by atoms with van der Waals surface area (Å²) in [6.07, 6.45) is 7.50. The van der Waals surface area contributed by atoms with Crippen molar-refractivity contribution in [3.05, 3.63) is 52.2 Å². The number of pyridine rings is 3. The van der Waals surface area contributed by atoms with Gasteiger partial charge in [0.05, 0.1) is 42.3 Å². The van der Waals surface area contributed by atoms with Gasteiger partial charge in [-0.15, -0.1) is 0 Å². The number of nitrogens with one attached hydrogen (secondary N) is 1. The van der Waals surface area contributed by atoms with Crippen LogP contribution in [-0.4, -0.2) is 65.4 Å². The Balaban J connectivity index is 1.08. The molecule has 9 heteroatoms. The summed E-state index contributed by atoms with van der Waals surface area (Å²) < 4.78 is 18.7. The summed E-state index contributed by atoms with van der Waals surface area (Å²) >= 11 is 0. The number of piperidine rings is 1. The molecular weight excluding hydrogens is 446 g/mol. The Bertz CT molecular complexity index is 1280. The van der Waals surface area contributed by atoms with E-state index in [4.69, 9.17) is 14.2 Å². The van der Waals surface area contributed by atoms with Gasteiger partial charge in [-0.1, -0.05) is 0 Å². The monoisotopic (exact) mass is 477 g/mol. The second kappa shape index (κ2) is 9.47. The number of nitrogens with zero attached hydrogens (tertiary/aromatic N) is 4. The van der Waals surface area contributed by atoms with E-state index in [2.05, 4.69) is 20.2 Å². The summed E-state index contributed by atoms with van der Waals surface area (Å²) in [6, 6.07) is 6.05. The van der Waals surface area contributed by atoms with Crippen molar-refractivity contribution >= 4 is 11.0 Å². The molecule has 1 N–H and O–H groups in total. The SMILES string of the molecule is COc1cnc2ccc(=O)n3c2c1CCC3CN1CCC(NCc2cc3c(cn2)OCCO3)CC1. The Hall–Kier alpha value is -3.17. The molecule has 0 aromatic carbocycles. The predicted molar refractivity (Wildman–Crippen MR) is 131 cm³/mol. The van der Waals surface area contributed by atoms with Gasteiger partial charge in [0.2, 0.25) is 0 Å². The zero-order valence-electron chi connectivity index (χ0n) is 20.0. The van der Waals surface area contributed by atoms with E-state index in [-0.39, 0.29) is 11.6 Å². The fraction of sp³-hybridized carbons (Fsp3) is 0.500. The lowest BCUT2D eigenvalue weighted by molar-refractivity contribution is 0.166. The van der Waals surface area contributed by atoms with Crippen LogP contribution in [0.5, 0.6) is 17.2 Å². The van der Waals surface area contributed by atoms with Gasteiger partial charge in [-0.05, 0) is 44.8 Å². The lowest BCUT2D eigenvalue weighted by atomic mass is 9.96. The summed E-state index contributed by atoms with van der Waals surface area (Å²) in [6.45, 7) is 4.78. The lowest BCUT2D eigenvalue weighted by Crippen LogP contribution is -2.45. The third-order valence-electron chi connectivity index (χ3n) is 7.44. The van der Waals surface area contributed by atoms with Crippen LogP contribution >= 0.6 is 0 Å². The number of rotatable bonds is 6. The van der Waals surface area contributed by atoms with Crippen LogP contribution in [-0.2, 0) is 13.0 Å². The zero-order valence-corrected chi connectivity index (χ0v) is 20.0. The van der Waals surface area contributed by atoms with Gasteiger partial charge >= 0.3 is 0 Å². The summed E-state index contributed by atoms with van der Waals surface area (Å²) in [7, 11) is 1.67. The molecular formula is C26H31N5O4. The highest BCUT2D eigenvalue weighted by Crippen LogP contribution is 2.34. The quantitative estimate of drug-likeness (QED) is 0.579. The Kier molecular flexibility index (Phi) is 6.03. The molecule has 0 spiro atoms. The Labute approximate surface area is 204 Å². The second-order valence-electron chi connectivity index (χ2n) is 9.55. The maximum Gasteiger partial charge on any atom is 0.251 e. The van der Waals surface area contributed by atoms with Crippen LogP contribution < -0.4 is 25.1 Å². The Morgan fingerprint density at radius 2 is 1.91 bits per heavy atom. The fourth-order valence-corrected chi connectivity index (χ4v) is 5.62. The van der Waals surface area contributed by atoms with Crippen molar-refractivity contribution in [2.24, 2.45) is 0 Å². The van der Waals surface area contributed by atoms with Gasteiger partial charge in [-0.2, -0.15) is 0 Å². The van der Waals surface area contributed by atoms with Crippen molar-refractivity contribution in [2.45, 2.75) is 44.3 Å². The zero-order chi connectivity index (χ0) is 23.8. The average molecular weight is 478 g/mol. The lowest BCUT2D eigenvalue weighted by Gasteiger charge is -2.37. The van der Waals surface area contributed by atoms with Gasteiger partial charge in [0, 0.05) is 36.8 Å². The van der Waals surface area contributed by atoms with Gasteiger partial charge < -0.3 is 29.0 Å². The highest BCUT2D eigenvalue weighted by atomic mass is 16.6. The van der Waals surface area contributed by atoms with Crippen molar-refractivity contribution in [3.8, 4) is 17.2 Å². The number of methoxy groups -OCH3 is 1. The van der Waals surface area contributed by atoms with Crippen LogP contribution in [0.1, 0.15) is 36.6 Å². The van der Waals surface area contributed by atoms with E-state index < -0.39 is 0 Å². The van der Waals surface area contributed by atoms with E-state index >= 15 is 0 Å². The normalized spacial score (nSPS) is 20.2. The number of fused-ring (bicyclic) bond motifs is 1. The first kappa shape index (κ1) is 22.3. The molecule has 3 aromatic heterocycles. The topological polar surface area (TPSA) is 90.7 Å². The van der Waals surface area contributed by atoms with Gasteiger partial charge in [0.1, 0.15) is 19.0 Å². The summed E-state index contributed by atoms with van der Waals surface area (Å²) in [5, 5.41) is 3.66. The first-order chi connectivity index (χ1) is 17.2. The van der Waals surface area contributed by atoms with Crippen LogP contribution in [0.4, 0.5) is 0 Å². The molecule has 0 aliphatic carbocycles. The molecule has 1 saturated heterocycles. The minimum atomic E-state index is 0.0435. The minimum Gasteiger partial charge on any atom is -0.495 e. The summed E-state index contributed by atoms with van der Waals surface area (Å²) in [4.78, 5) is 24.4. The molecule has 6 heterocycles. The van der Waals surface area contributed by atoms with E-state index in [0.29, 0.717) is 25.8 Å². The molecule has 9 nitrogen and oxygen atoms in total. The van der Waals surface area contributed by atoms with Crippen LogP contribution in [0, 0.1) is 0 Å². The number of likely N-dealkylation sites (tertiary alicyclic amines) is 1. The van der Waals surface area contributed by atoms with Crippen molar-refractivity contribution in [2.75, 3.05) is 40.0 Å². The first-order valence-corrected chi connectivity index (χ1v) is 12.5. The third-order valence-corrected chi connectivity index (χ3v) is 7.44. The van der Waals surface area contributed by atoms with E-state index in [9.17, 15) is 4.79 Å². The number of aryl methyl sites for hydroxylation is 1. The maximum absolute atomic E-state index is 12.9. The Morgan fingerprint density at radius 1 is 1.09 bits per heavy atom. The molecule has 0 saturated carbocycles. The molecule has 0 radical (unpaired) electrons. The highest BCUT2D eigenvalue weighted by Gasteiger charge is 2.28. The summed E-state index contributed by atoms with van der Waals surface area (Å²) in [5.74, 6) is 2.28. The molecule has 1 atom stereocenters. The molecule has 6 rings (SSSR count). The van der Waals surface area contributed by atoms with Crippen LogP contribution in [0.15, 0.2) is 35.4 Å². The molecule has 0 amide bonds. The van der Waals surface area contributed by atoms with Gasteiger partial charge in [0.25, 0.3) is 5.56 Å². The van der Waals surface area contributed by atoms with Gasteiger partial charge in [-0.3, -0.25) is 14.8 Å². The molecule has 184 valence electrons. The van der Waals surface area contributed by atoms with Crippen molar-refractivity contribution in [3.63, 3.8) is 0 Å². The maximum atomic E-state index is 12.9. The van der Waals surface area contributed by atoms with Gasteiger partial charge in [0.15, 0.2) is 11.5 Å². The predicted octanol–water partition coefficient (Wildman–Crippen LogP) is 2.31. The number of aromatic nitrogens is 3. The van der Waals surface area contributed by atoms with E-state index in [0.717, 1.165) is 84.9 Å². The Morgan fingerprint density at radius 3 is 2.74 bits per heavy atom. The second-order valence-corrected chi connectivity index (χ2v) is 9.55. The van der Waals surface area contributed by atoms with E-state index in [1.165, 1.54) is 0 Å². The first-order valence-electron chi connectivity index (χ1n) is 12.5. The molecule has 3 aromatic rings. The molecule has 35 heavy (non-hydrogen) atoms. The number of ether oxygens (including phenoxy) is 3. The average Bonchev–Trinajstić information content (AvgIpc) is 2.90. The van der Waals surface area contributed by atoms with Crippen LogP contribution in [0.2, 0.25) is 0 Å². The van der Waals surface area contributed by atoms with E-state index in [1.54, 1.807) is 25.6 Å². The van der Waals surface area contributed by atoms with Crippen molar-refractivity contribution in [1.82, 2.24) is 24.8 Å². The standard InChI is InChI=1S/C26H31N5O4/c1-33-23-14-29-21-4-5-25(32)31-19(2-3-20(23)26(21)31)16-30-8-6-17(7-9-30)27-13-18-12-22-24(15-28-18)35-11-10-34-22/h4-5,12,14-15,17,19,27H,2-3,6-11,13,16H2,1H3. The van der Waals surface area contributed by atoms with Crippen LogP contribution in [0.25, 0.3) is 11.0 Å². The fourth-order valence-electron chi connectivity index (χ4n) is 5.62. The largest absolute Gasteiger partial charge is 0.495 e. The van der Waals surface area contributed by atoms with Gasteiger partial charge in [-0.25, -0.2) is 0 Å². The molecule has 3 aliphatic heterocycles. The van der Waals surface area contributed by atoms with Crippen LogP contribution in [0.3, 0.4) is 0 Å². The number of hydrogen-bond acceptors (Lipinski definition) is 8.